The molecule has 0 radical (unpaired) electrons. The van der Waals surface area contributed by atoms with E-state index < -0.39 is 10.0 Å². The topological polar surface area (TPSA) is 46.6 Å². The van der Waals surface area contributed by atoms with Gasteiger partial charge in [0.2, 0.25) is 0 Å². The smallest absolute Gasteiger partial charge is 0.265 e. The lowest BCUT2D eigenvalue weighted by Crippen LogP contribution is -2.31. The van der Waals surface area contributed by atoms with Gasteiger partial charge in [0.1, 0.15) is 0 Å². The molecule has 0 fully saturated rings. The van der Waals surface area contributed by atoms with Crippen molar-refractivity contribution in [3.8, 4) is 0 Å². The molecular weight excluding hydrogens is 298 g/mol. The minimum atomic E-state index is -3.71. The summed E-state index contributed by atoms with van der Waals surface area (Å²) in [5.74, 6) is 0. The Kier molecular flexibility index (Phi) is 5.49. The lowest BCUT2D eigenvalue weighted by molar-refractivity contribution is -0.0883. The van der Waals surface area contributed by atoms with Crippen LogP contribution < -0.4 is 0 Å². The molecule has 0 unspecified atom stereocenters. The van der Waals surface area contributed by atoms with Gasteiger partial charge in [-0.2, -0.15) is 0 Å². The molecule has 0 atom stereocenters. The van der Waals surface area contributed by atoms with Crippen molar-refractivity contribution in [2.24, 2.45) is 0 Å². The van der Waals surface area contributed by atoms with Crippen LogP contribution in [0.4, 0.5) is 0 Å². The van der Waals surface area contributed by atoms with Gasteiger partial charge in [-0.25, -0.2) is 8.42 Å². The number of rotatable bonds is 7. The molecule has 116 valence electrons. The van der Waals surface area contributed by atoms with Crippen molar-refractivity contribution in [1.29, 1.82) is 0 Å². The molecule has 5 heteroatoms. The maximum Gasteiger partial charge on any atom is 0.265 e. The van der Waals surface area contributed by atoms with Gasteiger partial charge in [-0.05, 0) is 24.6 Å². The molecule has 0 heterocycles. The zero-order valence-corrected chi connectivity index (χ0v) is 13.3. The maximum atomic E-state index is 12.6. The molecule has 0 aliphatic rings. The zero-order valence-electron chi connectivity index (χ0n) is 12.5. The van der Waals surface area contributed by atoms with Crippen LogP contribution in [0.2, 0.25) is 0 Å². The Balaban J connectivity index is 2.18. The first kappa shape index (κ1) is 16.4. The normalized spacial score (nSPS) is 11.5. The molecule has 0 aliphatic carbocycles. The SMILES string of the molecule is C=CCN(OCc1ccccc1)S(=O)(=O)c1ccc(C)cc1. The van der Waals surface area contributed by atoms with Crippen LogP contribution in [0.15, 0.2) is 72.1 Å². The fourth-order valence-electron chi connectivity index (χ4n) is 1.87. The summed E-state index contributed by atoms with van der Waals surface area (Å²) in [5.41, 5.74) is 1.90. The molecule has 0 aliphatic heterocycles. The van der Waals surface area contributed by atoms with Crippen LogP contribution in [0.25, 0.3) is 0 Å². The molecule has 0 spiro atoms. The molecule has 2 aromatic rings. The molecule has 0 N–H and O–H groups in total. The first-order valence-electron chi connectivity index (χ1n) is 6.91. The molecule has 0 aromatic heterocycles. The quantitative estimate of drug-likeness (QED) is 0.581. The van der Waals surface area contributed by atoms with Crippen LogP contribution in [0, 0.1) is 6.92 Å². The van der Waals surface area contributed by atoms with Crippen molar-refractivity contribution in [2.75, 3.05) is 6.54 Å². The van der Waals surface area contributed by atoms with Crippen molar-refractivity contribution in [3.63, 3.8) is 0 Å². The van der Waals surface area contributed by atoms with E-state index in [1.54, 1.807) is 24.3 Å². The third-order valence-electron chi connectivity index (χ3n) is 3.08. The first-order chi connectivity index (χ1) is 10.5. The van der Waals surface area contributed by atoms with Gasteiger partial charge in [0.05, 0.1) is 18.0 Å². The highest BCUT2D eigenvalue weighted by molar-refractivity contribution is 7.89. The summed E-state index contributed by atoms with van der Waals surface area (Å²) in [4.78, 5) is 5.69. The molecule has 0 amide bonds. The van der Waals surface area contributed by atoms with E-state index in [1.807, 2.05) is 37.3 Å². The minimum Gasteiger partial charge on any atom is -0.279 e. The molecule has 0 saturated heterocycles. The third-order valence-corrected chi connectivity index (χ3v) is 4.74. The van der Waals surface area contributed by atoms with Gasteiger partial charge < -0.3 is 0 Å². The molecule has 0 saturated carbocycles. The van der Waals surface area contributed by atoms with E-state index >= 15 is 0 Å². The summed E-state index contributed by atoms with van der Waals surface area (Å²) < 4.78 is 26.2. The minimum absolute atomic E-state index is 0.0864. The number of nitrogens with zero attached hydrogens (tertiary/aromatic N) is 1. The van der Waals surface area contributed by atoms with Crippen LogP contribution in [-0.4, -0.2) is 19.4 Å². The van der Waals surface area contributed by atoms with E-state index in [2.05, 4.69) is 6.58 Å². The number of hydrogen-bond acceptors (Lipinski definition) is 3. The van der Waals surface area contributed by atoms with Crippen molar-refractivity contribution in [3.05, 3.63) is 78.4 Å². The Morgan fingerprint density at radius 2 is 1.73 bits per heavy atom. The van der Waals surface area contributed by atoms with E-state index in [0.29, 0.717) is 0 Å². The van der Waals surface area contributed by atoms with Gasteiger partial charge >= 0.3 is 0 Å². The Bertz CT molecular complexity index is 709. The first-order valence-corrected chi connectivity index (χ1v) is 8.35. The number of sulfonamides is 1. The van der Waals surface area contributed by atoms with Crippen molar-refractivity contribution < 1.29 is 13.3 Å². The second-order valence-electron chi connectivity index (χ2n) is 4.85. The molecule has 22 heavy (non-hydrogen) atoms. The third kappa shape index (κ3) is 4.04. The zero-order chi connectivity index (χ0) is 16.0. The summed E-state index contributed by atoms with van der Waals surface area (Å²) in [6.45, 7) is 5.76. The van der Waals surface area contributed by atoms with Gasteiger partial charge in [0, 0.05) is 0 Å². The fourth-order valence-corrected chi connectivity index (χ4v) is 3.08. The molecule has 0 bridgehead atoms. The fraction of sp³-hybridized carbons (Fsp3) is 0.176. The van der Waals surface area contributed by atoms with E-state index in [-0.39, 0.29) is 18.0 Å². The molecule has 4 nitrogen and oxygen atoms in total. The van der Waals surface area contributed by atoms with E-state index in [1.165, 1.54) is 6.08 Å². The Labute approximate surface area is 131 Å². The predicted molar refractivity (Wildman–Crippen MR) is 86.5 cm³/mol. The van der Waals surface area contributed by atoms with Gasteiger partial charge in [0.25, 0.3) is 10.0 Å². The predicted octanol–water partition coefficient (Wildman–Crippen LogP) is 3.30. The molecule has 2 aromatic carbocycles. The number of aryl methyl sites for hydroxylation is 1. The second kappa shape index (κ2) is 7.35. The van der Waals surface area contributed by atoms with Crippen molar-refractivity contribution in [2.45, 2.75) is 18.4 Å². The summed E-state index contributed by atoms with van der Waals surface area (Å²) >= 11 is 0. The lowest BCUT2D eigenvalue weighted by atomic mass is 10.2. The van der Waals surface area contributed by atoms with Gasteiger partial charge in [-0.1, -0.05) is 58.6 Å². The highest BCUT2D eigenvalue weighted by Gasteiger charge is 2.24. The molecule has 2 rings (SSSR count). The molecular formula is C17H19NO3S. The van der Waals surface area contributed by atoms with Gasteiger partial charge in [0.15, 0.2) is 0 Å². The number of benzene rings is 2. The Hall–Kier alpha value is -1.95. The average Bonchev–Trinajstić information content (AvgIpc) is 2.52. The summed E-state index contributed by atoms with van der Waals surface area (Å²) in [5, 5.41) is 0. The summed E-state index contributed by atoms with van der Waals surface area (Å²) in [6, 6.07) is 16.1. The van der Waals surface area contributed by atoms with E-state index in [4.69, 9.17) is 4.84 Å². The van der Waals surface area contributed by atoms with Crippen molar-refractivity contribution >= 4 is 10.0 Å². The highest BCUT2D eigenvalue weighted by atomic mass is 32.2. The highest BCUT2D eigenvalue weighted by Crippen LogP contribution is 2.18. The maximum absolute atomic E-state index is 12.6. The Morgan fingerprint density at radius 3 is 2.32 bits per heavy atom. The van der Waals surface area contributed by atoms with Crippen LogP contribution in [-0.2, 0) is 21.5 Å². The summed E-state index contributed by atoms with van der Waals surface area (Å²) in [6.07, 6.45) is 1.50. The van der Waals surface area contributed by atoms with E-state index in [9.17, 15) is 8.42 Å². The van der Waals surface area contributed by atoms with Gasteiger partial charge in [-0.3, -0.25) is 4.84 Å². The Morgan fingerprint density at radius 1 is 1.09 bits per heavy atom. The second-order valence-corrected chi connectivity index (χ2v) is 6.68. The lowest BCUT2D eigenvalue weighted by Gasteiger charge is -2.20. The van der Waals surface area contributed by atoms with Gasteiger partial charge in [-0.15, -0.1) is 6.58 Å². The average molecular weight is 317 g/mol. The number of hydrogen-bond donors (Lipinski definition) is 0. The van der Waals surface area contributed by atoms with Crippen LogP contribution in [0.5, 0.6) is 0 Å². The monoisotopic (exact) mass is 317 g/mol. The van der Waals surface area contributed by atoms with Crippen LogP contribution in [0.1, 0.15) is 11.1 Å². The van der Waals surface area contributed by atoms with Crippen molar-refractivity contribution in [1.82, 2.24) is 4.47 Å². The van der Waals surface area contributed by atoms with Crippen LogP contribution >= 0.6 is 0 Å². The van der Waals surface area contributed by atoms with E-state index in [0.717, 1.165) is 15.6 Å². The standard InChI is InChI=1S/C17H19NO3S/c1-3-13-18(21-14-16-7-5-4-6-8-16)22(19,20)17-11-9-15(2)10-12-17/h3-12H,1,13-14H2,2H3. The largest absolute Gasteiger partial charge is 0.279 e. The number of hydroxylamine groups is 1. The summed E-state index contributed by atoms with van der Waals surface area (Å²) in [7, 11) is -3.71. The van der Waals surface area contributed by atoms with Crippen LogP contribution in [0.3, 0.4) is 0 Å².